The van der Waals surface area contributed by atoms with Gasteiger partial charge in [-0.25, -0.2) is 4.98 Å². The third kappa shape index (κ3) is 2.71. The highest BCUT2D eigenvalue weighted by Crippen LogP contribution is 2.26. The number of nitriles is 1. The molecule has 1 heterocycles. The fraction of sp³-hybridized carbons (Fsp3) is 0.200. The van der Waals surface area contributed by atoms with Gasteiger partial charge >= 0.3 is 0 Å². The first-order valence-electron chi connectivity index (χ1n) is 6.19. The van der Waals surface area contributed by atoms with Crippen LogP contribution in [0.5, 0.6) is 0 Å². The van der Waals surface area contributed by atoms with Gasteiger partial charge in [-0.15, -0.1) is 0 Å². The lowest BCUT2D eigenvalue weighted by Crippen LogP contribution is -2.36. The summed E-state index contributed by atoms with van der Waals surface area (Å²) in [6.07, 6.45) is 1.48. The van der Waals surface area contributed by atoms with Crippen LogP contribution >= 0.6 is 0 Å². The van der Waals surface area contributed by atoms with Gasteiger partial charge in [0, 0.05) is 0 Å². The van der Waals surface area contributed by atoms with E-state index in [1.165, 1.54) is 6.20 Å². The van der Waals surface area contributed by atoms with E-state index in [4.69, 9.17) is 11.0 Å². The molecule has 20 heavy (non-hydrogen) atoms. The molecule has 0 spiro atoms. The van der Waals surface area contributed by atoms with Crippen LogP contribution in [0.4, 0.5) is 11.5 Å². The molecule has 0 aliphatic carbocycles. The van der Waals surface area contributed by atoms with Gasteiger partial charge in [0.15, 0.2) is 0 Å². The quantitative estimate of drug-likeness (QED) is 0.786. The molecule has 5 nitrogen and oxygen atoms in total. The molecule has 0 aliphatic rings. The average molecular weight is 268 g/mol. The maximum atomic E-state index is 9.72. The number of aliphatic hydroxyl groups excluding tert-OH is 1. The summed E-state index contributed by atoms with van der Waals surface area (Å²) in [4.78, 5) is 4.14. The largest absolute Gasteiger partial charge is 0.397 e. The van der Waals surface area contributed by atoms with E-state index >= 15 is 0 Å². The second-order valence-corrected chi connectivity index (χ2v) is 4.76. The van der Waals surface area contributed by atoms with Crippen LogP contribution in [0.1, 0.15) is 18.1 Å². The zero-order valence-electron chi connectivity index (χ0n) is 11.2. The predicted octanol–water partition coefficient (Wildman–Crippen LogP) is 1.86. The van der Waals surface area contributed by atoms with Gasteiger partial charge in [0.1, 0.15) is 11.9 Å². The van der Waals surface area contributed by atoms with Gasteiger partial charge in [-0.3, -0.25) is 0 Å². The maximum Gasteiger partial charge on any atom is 0.144 e. The molecule has 0 bridgehead atoms. The molecule has 2 rings (SSSR count). The van der Waals surface area contributed by atoms with E-state index in [0.29, 0.717) is 17.1 Å². The van der Waals surface area contributed by atoms with Crippen LogP contribution in [0.25, 0.3) is 0 Å². The summed E-state index contributed by atoms with van der Waals surface area (Å²) in [7, 11) is 0. The van der Waals surface area contributed by atoms with E-state index in [-0.39, 0.29) is 6.61 Å². The molecular formula is C15H16N4O. The van der Waals surface area contributed by atoms with E-state index in [1.807, 2.05) is 43.3 Å². The van der Waals surface area contributed by atoms with Crippen molar-refractivity contribution in [3.8, 4) is 6.07 Å². The maximum absolute atomic E-state index is 9.72. The van der Waals surface area contributed by atoms with Gasteiger partial charge in [-0.1, -0.05) is 30.3 Å². The molecule has 2 aromatic rings. The Balaban J connectivity index is 2.39. The van der Waals surface area contributed by atoms with Crippen molar-refractivity contribution in [3.05, 3.63) is 53.7 Å². The number of nitrogen functional groups attached to an aromatic ring is 1. The number of nitrogens with zero attached hydrogens (tertiary/aromatic N) is 2. The Morgan fingerprint density at radius 3 is 2.70 bits per heavy atom. The SMILES string of the molecule is CC(CO)(Nc1ncc(N)cc1C#N)c1ccccc1. The molecule has 1 atom stereocenters. The summed E-state index contributed by atoms with van der Waals surface area (Å²) in [6.45, 7) is 1.72. The van der Waals surface area contributed by atoms with Gasteiger partial charge in [0.05, 0.1) is 29.6 Å². The normalized spacial score (nSPS) is 13.2. The van der Waals surface area contributed by atoms with Crippen molar-refractivity contribution in [3.63, 3.8) is 0 Å². The van der Waals surface area contributed by atoms with E-state index in [1.54, 1.807) is 6.07 Å². The third-order valence-corrected chi connectivity index (χ3v) is 3.15. The molecule has 0 saturated carbocycles. The molecular weight excluding hydrogens is 252 g/mol. The first-order valence-corrected chi connectivity index (χ1v) is 6.19. The fourth-order valence-corrected chi connectivity index (χ4v) is 1.94. The number of aliphatic hydroxyl groups is 1. The minimum absolute atomic E-state index is 0.131. The number of nitrogens with two attached hydrogens (primary N) is 1. The Bertz CT molecular complexity index is 636. The number of rotatable bonds is 4. The molecule has 5 heteroatoms. The van der Waals surface area contributed by atoms with Crippen molar-refractivity contribution < 1.29 is 5.11 Å². The molecule has 0 fully saturated rings. The lowest BCUT2D eigenvalue weighted by atomic mass is 9.92. The molecule has 0 amide bonds. The third-order valence-electron chi connectivity index (χ3n) is 3.15. The second-order valence-electron chi connectivity index (χ2n) is 4.76. The summed E-state index contributed by atoms with van der Waals surface area (Å²) >= 11 is 0. The van der Waals surface area contributed by atoms with Gasteiger partial charge in [-0.05, 0) is 18.6 Å². The van der Waals surface area contributed by atoms with Crippen LogP contribution in [-0.4, -0.2) is 16.7 Å². The first kappa shape index (κ1) is 13.8. The number of benzene rings is 1. The summed E-state index contributed by atoms with van der Waals surface area (Å²) < 4.78 is 0. The minimum Gasteiger partial charge on any atom is -0.397 e. The predicted molar refractivity (Wildman–Crippen MR) is 77.9 cm³/mol. The lowest BCUT2D eigenvalue weighted by molar-refractivity contribution is 0.223. The van der Waals surface area contributed by atoms with Crippen molar-refractivity contribution in [1.29, 1.82) is 5.26 Å². The fourth-order valence-electron chi connectivity index (χ4n) is 1.94. The standard InChI is InChI=1S/C15H16N4O/c1-15(10-20,12-5-3-2-4-6-12)19-14-11(8-16)7-13(17)9-18-14/h2-7,9,20H,10,17H2,1H3,(H,18,19). The monoisotopic (exact) mass is 268 g/mol. The molecule has 102 valence electrons. The van der Waals surface area contributed by atoms with E-state index in [0.717, 1.165) is 5.56 Å². The number of hydrogen-bond donors (Lipinski definition) is 3. The second kappa shape index (κ2) is 5.59. The summed E-state index contributed by atoms with van der Waals surface area (Å²) in [5.74, 6) is 0.405. The number of hydrogen-bond acceptors (Lipinski definition) is 5. The van der Waals surface area contributed by atoms with Crippen LogP contribution in [0.15, 0.2) is 42.6 Å². The molecule has 0 aliphatic heterocycles. The number of pyridine rings is 1. The van der Waals surface area contributed by atoms with Gasteiger partial charge in [-0.2, -0.15) is 5.26 Å². The van der Waals surface area contributed by atoms with Gasteiger partial charge in [0.2, 0.25) is 0 Å². The zero-order valence-corrected chi connectivity index (χ0v) is 11.2. The van der Waals surface area contributed by atoms with Crippen molar-refractivity contribution in [2.45, 2.75) is 12.5 Å². The molecule has 0 saturated heterocycles. The van der Waals surface area contributed by atoms with Crippen LogP contribution < -0.4 is 11.1 Å². The highest BCUT2D eigenvalue weighted by atomic mass is 16.3. The van der Waals surface area contributed by atoms with Crippen LogP contribution in [0.3, 0.4) is 0 Å². The van der Waals surface area contributed by atoms with Crippen molar-refractivity contribution in [1.82, 2.24) is 4.98 Å². The van der Waals surface area contributed by atoms with Crippen molar-refractivity contribution in [2.24, 2.45) is 0 Å². The van der Waals surface area contributed by atoms with E-state index in [9.17, 15) is 5.11 Å². The van der Waals surface area contributed by atoms with Crippen molar-refractivity contribution in [2.75, 3.05) is 17.7 Å². The Labute approximate surface area is 117 Å². The van der Waals surface area contributed by atoms with E-state index < -0.39 is 5.54 Å². The Kier molecular flexibility index (Phi) is 3.87. The summed E-state index contributed by atoms with van der Waals surface area (Å²) in [5.41, 5.74) is 6.58. The molecule has 1 unspecified atom stereocenters. The van der Waals surface area contributed by atoms with Crippen LogP contribution in [-0.2, 0) is 5.54 Å². The Hall–Kier alpha value is -2.58. The summed E-state index contributed by atoms with van der Waals surface area (Å²) in [5, 5.41) is 22.0. The number of anilines is 2. The topological polar surface area (TPSA) is 95.0 Å². The highest BCUT2D eigenvalue weighted by molar-refractivity contribution is 5.59. The average Bonchev–Trinajstić information content (AvgIpc) is 2.49. The Morgan fingerprint density at radius 2 is 2.10 bits per heavy atom. The molecule has 1 aromatic heterocycles. The van der Waals surface area contributed by atoms with Gasteiger partial charge in [0.25, 0.3) is 0 Å². The van der Waals surface area contributed by atoms with Gasteiger partial charge < -0.3 is 16.2 Å². The lowest BCUT2D eigenvalue weighted by Gasteiger charge is -2.30. The highest BCUT2D eigenvalue weighted by Gasteiger charge is 2.26. The van der Waals surface area contributed by atoms with Crippen LogP contribution in [0.2, 0.25) is 0 Å². The smallest absolute Gasteiger partial charge is 0.144 e. The molecule has 1 aromatic carbocycles. The Morgan fingerprint density at radius 1 is 1.40 bits per heavy atom. The van der Waals surface area contributed by atoms with E-state index in [2.05, 4.69) is 10.3 Å². The molecule has 4 N–H and O–H groups in total. The number of aromatic nitrogens is 1. The first-order chi connectivity index (χ1) is 9.59. The minimum atomic E-state index is -0.726. The zero-order chi connectivity index (χ0) is 14.6. The van der Waals surface area contributed by atoms with Crippen LogP contribution in [0, 0.1) is 11.3 Å². The van der Waals surface area contributed by atoms with Crippen molar-refractivity contribution >= 4 is 11.5 Å². The summed E-state index contributed by atoms with van der Waals surface area (Å²) in [6, 6.07) is 13.1. The number of nitrogens with one attached hydrogen (secondary N) is 1. The molecule has 0 radical (unpaired) electrons.